The predicted octanol–water partition coefficient (Wildman–Crippen LogP) is 5.13. The molecule has 0 saturated heterocycles. The zero-order valence-corrected chi connectivity index (χ0v) is 11.8. The van der Waals surface area contributed by atoms with Crippen LogP contribution in [0.15, 0.2) is 34.8 Å². The topological polar surface area (TPSA) is 12.0 Å². The molecule has 6 heteroatoms. The molecule has 0 aliphatic rings. The van der Waals surface area contributed by atoms with Crippen LogP contribution in [0.4, 0.5) is 18.9 Å². The molecule has 2 aromatic carbocycles. The molecule has 0 aliphatic carbocycles. The molecule has 0 heterocycles. The SMILES string of the molecule is Fc1cc(NCc2c(F)cccc2Cl)c(F)cc1Br. The zero-order chi connectivity index (χ0) is 14.0. The van der Waals surface area contributed by atoms with E-state index in [9.17, 15) is 13.2 Å². The molecule has 0 spiro atoms. The number of hydrogen-bond donors (Lipinski definition) is 1. The van der Waals surface area contributed by atoms with E-state index in [2.05, 4.69) is 21.2 Å². The minimum atomic E-state index is -0.638. The third-order valence-corrected chi connectivity index (χ3v) is 3.49. The number of rotatable bonds is 3. The average Bonchev–Trinajstić information content (AvgIpc) is 2.34. The lowest BCUT2D eigenvalue weighted by Crippen LogP contribution is -2.04. The molecule has 100 valence electrons. The van der Waals surface area contributed by atoms with Gasteiger partial charge in [-0.05, 0) is 34.1 Å². The van der Waals surface area contributed by atoms with Crippen LogP contribution in [0.3, 0.4) is 0 Å². The van der Waals surface area contributed by atoms with Crippen LogP contribution in [0, 0.1) is 17.5 Å². The van der Waals surface area contributed by atoms with E-state index in [-0.39, 0.29) is 27.3 Å². The highest BCUT2D eigenvalue weighted by Crippen LogP contribution is 2.25. The van der Waals surface area contributed by atoms with Gasteiger partial charge in [-0.1, -0.05) is 17.7 Å². The summed E-state index contributed by atoms with van der Waals surface area (Å²) in [6.07, 6.45) is 0. The Morgan fingerprint density at radius 1 is 1.05 bits per heavy atom. The van der Waals surface area contributed by atoms with Crippen molar-refractivity contribution in [2.45, 2.75) is 6.54 Å². The van der Waals surface area contributed by atoms with Crippen LogP contribution in [-0.2, 0) is 6.54 Å². The quantitative estimate of drug-likeness (QED) is 0.757. The summed E-state index contributed by atoms with van der Waals surface area (Å²) in [5.74, 6) is -1.75. The van der Waals surface area contributed by atoms with Gasteiger partial charge in [0.25, 0.3) is 0 Å². The van der Waals surface area contributed by atoms with Gasteiger partial charge in [0.05, 0.1) is 10.2 Å². The molecule has 0 aromatic heterocycles. The fourth-order valence-corrected chi connectivity index (χ4v) is 2.09. The van der Waals surface area contributed by atoms with E-state index in [0.717, 1.165) is 12.1 Å². The van der Waals surface area contributed by atoms with Gasteiger partial charge in [-0.2, -0.15) is 0 Å². The summed E-state index contributed by atoms with van der Waals surface area (Å²) in [6, 6.07) is 6.25. The Morgan fingerprint density at radius 2 is 1.79 bits per heavy atom. The maximum absolute atomic E-state index is 13.5. The summed E-state index contributed by atoms with van der Waals surface area (Å²) in [7, 11) is 0. The number of nitrogens with one attached hydrogen (secondary N) is 1. The Morgan fingerprint density at radius 3 is 2.47 bits per heavy atom. The predicted molar refractivity (Wildman–Crippen MR) is 72.8 cm³/mol. The fraction of sp³-hybridized carbons (Fsp3) is 0.0769. The molecule has 0 fully saturated rings. The van der Waals surface area contributed by atoms with Crippen molar-refractivity contribution in [1.82, 2.24) is 0 Å². The van der Waals surface area contributed by atoms with Gasteiger partial charge in [-0.3, -0.25) is 0 Å². The first-order valence-corrected chi connectivity index (χ1v) is 6.47. The van der Waals surface area contributed by atoms with Crippen molar-refractivity contribution in [2.75, 3.05) is 5.32 Å². The first kappa shape index (κ1) is 14.2. The second-order valence-corrected chi connectivity index (χ2v) is 5.06. The number of benzene rings is 2. The van der Waals surface area contributed by atoms with Gasteiger partial charge in [-0.15, -0.1) is 0 Å². The van der Waals surface area contributed by atoms with Crippen molar-refractivity contribution in [3.05, 3.63) is 62.8 Å². The van der Waals surface area contributed by atoms with Gasteiger partial charge in [0.2, 0.25) is 0 Å². The molecule has 1 nitrogen and oxygen atoms in total. The zero-order valence-electron chi connectivity index (χ0n) is 9.48. The van der Waals surface area contributed by atoms with Gasteiger partial charge >= 0.3 is 0 Å². The molecule has 0 atom stereocenters. The largest absolute Gasteiger partial charge is 0.378 e. The molecule has 2 rings (SSSR count). The Labute approximate surface area is 121 Å². The molecule has 0 unspecified atom stereocenters. The summed E-state index contributed by atoms with van der Waals surface area (Å²) in [5, 5.41) is 2.85. The van der Waals surface area contributed by atoms with Crippen LogP contribution >= 0.6 is 27.5 Å². The minimum Gasteiger partial charge on any atom is -0.378 e. The van der Waals surface area contributed by atoms with Crippen LogP contribution in [0.5, 0.6) is 0 Å². The third kappa shape index (κ3) is 3.22. The van der Waals surface area contributed by atoms with E-state index in [1.807, 2.05) is 0 Å². The third-order valence-electron chi connectivity index (χ3n) is 2.53. The van der Waals surface area contributed by atoms with Crippen molar-refractivity contribution < 1.29 is 13.2 Å². The molecule has 2 aromatic rings. The molecule has 0 aliphatic heterocycles. The number of halogens is 5. The van der Waals surface area contributed by atoms with Gasteiger partial charge in [0.15, 0.2) is 0 Å². The first-order chi connectivity index (χ1) is 8.99. The molecular formula is C13H8BrClF3N. The van der Waals surface area contributed by atoms with Crippen LogP contribution in [0.2, 0.25) is 5.02 Å². The van der Waals surface area contributed by atoms with Crippen LogP contribution in [-0.4, -0.2) is 0 Å². The van der Waals surface area contributed by atoms with Crippen molar-refractivity contribution >= 4 is 33.2 Å². The van der Waals surface area contributed by atoms with Gasteiger partial charge < -0.3 is 5.32 Å². The van der Waals surface area contributed by atoms with E-state index >= 15 is 0 Å². The van der Waals surface area contributed by atoms with Crippen molar-refractivity contribution in [3.63, 3.8) is 0 Å². The standard InChI is InChI=1S/C13H8BrClF3N/c14-8-4-12(18)13(5-11(8)17)19-6-7-9(15)2-1-3-10(7)16/h1-5,19H,6H2. The Kier molecular flexibility index (Phi) is 4.37. The van der Waals surface area contributed by atoms with Crippen LogP contribution in [0.1, 0.15) is 5.56 Å². The lowest BCUT2D eigenvalue weighted by atomic mass is 10.2. The smallest absolute Gasteiger partial charge is 0.147 e. The second kappa shape index (κ2) is 5.84. The number of hydrogen-bond acceptors (Lipinski definition) is 1. The molecule has 0 amide bonds. The lowest BCUT2D eigenvalue weighted by molar-refractivity contribution is 0.594. The highest BCUT2D eigenvalue weighted by Gasteiger charge is 2.10. The van der Waals surface area contributed by atoms with Crippen molar-refractivity contribution in [2.24, 2.45) is 0 Å². The monoisotopic (exact) mass is 349 g/mol. The molecule has 0 saturated carbocycles. The van der Waals surface area contributed by atoms with Gasteiger partial charge in [-0.25, -0.2) is 13.2 Å². The Hall–Kier alpha value is -1.20. The number of anilines is 1. The van der Waals surface area contributed by atoms with E-state index in [4.69, 9.17) is 11.6 Å². The summed E-state index contributed by atoms with van der Waals surface area (Å²) in [5.41, 5.74) is 0.145. The fourth-order valence-electron chi connectivity index (χ4n) is 1.54. The first-order valence-electron chi connectivity index (χ1n) is 5.30. The normalized spacial score (nSPS) is 10.6. The maximum atomic E-state index is 13.5. The highest BCUT2D eigenvalue weighted by molar-refractivity contribution is 9.10. The van der Waals surface area contributed by atoms with Crippen LogP contribution in [0.25, 0.3) is 0 Å². The lowest BCUT2D eigenvalue weighted by Gasteiger charge is -2.10. The average molecular weight is 351 g/mol. The van der Waals surface area contributed by atoms with E-state index in [1.54, 1.807) is 0 Å². The maximum Gasteiger partial charge on any atom is 0.147 e. The minimum absolute atomic E-state index is 0.0273. The van der Waals surface area contributed by atoms with E-state index < -0.39 is 17.5 Å². The molecular weight excluding hydrogens is 343 g/mol. The second-order valence-electron chi connectivity index (χ2n) is 3.80. The Bertz CT molecular complexity index is 599. The summed E-state index contributed by atoms with van der Waals surface area (Å²) < 4.78 is 40.4. The van der Waals surface area contributed by atoms with E-state index in [0.29, 0.717) is 0 Å². The van der Waals surface area contributed by atoms with Gasteiger partial charge in [0.1, 0.15) is 17.5 Å². The highest BCUT2D eigenvalue weighted by atomic mass is 79.9. The molecule has 0 radical (unpaired) electrons. The molecule has 0 bridgehead atoms. The summed E-state index contributed by atoms with van der Waals surface area (Å²) in [4.78, 5) is 0. The summed E-state index contributed by atoms with van der Waals surface area (Å²) in [6.45, 7) is -0.0382. The van der Waals surface area contributed by atoms with Crippen LogP contribution < -0.4 is 5.32 Å². The van der Waals surface area contributed by atoms with Crippen molar-refractivity contribution in [3.8, 4) is 0 Å². The van der Waals surface area contributed by atoms with Crippen molar-refractivity contribution in [1.29, 1.82) is 0 Å². The molecule has 19 heavy (non-hydrogen) atoms. The van der Waals surface area contributed by atoms with Gasteiger partial charge in [0, 0.05) is 23.2 Å². The Balaban J connectivity index is 2.22. The molecule has 1 N–H and O–H groups in total. The summed E-state index contributed by atoms with van der Waals surface area (Å²) >= 11 is 8.71. The van der Waals surface area contributed by atoms with E-state index in [1.165, 1.54) is 18.2 Å².